The van der Waals surface area contributed by atoms with E-state index in [1.807, 2.05) is 47.4 Å². The summed E-state index contributed by atoms with van der Waals surface area (Å²) in [6.07, 6.45) is 7.82. The van der Waals surface area contributed by atoms with E-state index in [9.17, 15) is 9.59 Å². The van der Waals surface area contributed by atoms with E-state index in [1.165, 1.54) is 19.3 Å². The third kappa shape index (κ3) is 9.35. The maximum atomic E-state index is 12.9. The second-order valence-corrected chi connectivity index (χ2v) is 9.11. The Labute approximate surface area is 196 Å². The van der Waals surface area contributed by atoms with Gasteiger partial charge in [0, 0.05) is 28.6 Å². The minimum atomic E-state index is -0.829. The highest BCUT2D eigenvalue weighted by atomic mass is 32.2. The molecule has 174 valence electrons. The predicted molar refractivity (Wildman–Crippen MR) is 133 cm³/mol. The molecule has 32 heavy (non-hydrogen) atoms. The molecule has 2 N–H and O–H groups in total. The van der Waals surface area contributed by atoms with Crippen molar-refractivity contribution >= 4 is 29.4 Å². The first-order valence-electron chi connectivity index (χ1n) is 11.7. The Balaban J connectivity index is 2.08. The van der Waals surface area contributed by atoms with Crippen molar-refractivity contribution in [2.45, 2.75) is 75.0 Å². The number of nitrogens with one attached hydrogen (secondary N) is 1. The summed E-state index contributed by atoms with van der Waals surface area (Å²) in [5.41, 5.74) is 1.69. The van der Waals surface area contributed by atoms with Crippen molar-refractivity contribution in [3.05, 3.63) is 54.1 Å². The topological polar surface area (TPSA) is 69.6 Å². The molecule has 0 fully saturated rings. The van der Waals surface area contributed by atoms with Crippen LogP contribution in [-0.4, -0.2) is 30.2 Å². The summed E-state index contributed by atoms with van der Waals surface area (Å²) < 4.78 is 0. The number of anilines is 1. The molecule has 2 rings (SSSR count). The van der Waals surface area contributed by atoms with Crippen LogP contribution in [0.2, 0.25) is 0 Å². The van der Waals surface area contributed by atoms with E-state index in [2.05, 4.69) is 25.2 Å². The van der Waals surface area contributed by atoms with Crippen LogP contribution in [0.4, 0.5) is 10.5 Å². The highest BCUT2D eigenvalue weighted by Gasteiger charge is 2.15. The number of amides is 2. The highest BCUT2D eigenvalue weighted by Crippen LogP contribution is 2.31. The molecule has 0 spiro atoms. The number of benzene rings is 2. The van der Waals surface area contributed by atoms with Crippen molar-refractivity contribution in [3.8, 4) is 0 Å². The Morgan fingerprint density at radius 3 is 2.31 bits per heavy atom. The van der Waals surface area contributed by atoms with E-state index in [4.69, 9.17) is 5.11 Å². The Hall–Kier alpha value is -2.47. The van der Waals surface area contributed by atoms with Gasteiger partial charge in [0.1, 0.15) is 0 Å². The zero-order valence-electron chi connectivity index (χ0n) is 19.3. The van der Waals surface area contributed by atoms with Crippen LogP contribution in [0.1, 0.15) is 64.4 Å². The number of hydrogen-bond donors (Lipinski definition) is 2. The Morgan fingerprint density at radius 1 is 0.906 bits per heavy atom. The van der Waals surface area contributed by atoms with Crippen molar-refractivity contribution in [3.63, 3.8) is 0 Å². The van der Waals surface area contributed by atoms with Crippen LogP contribution < -0.4 is 10.2 Å². The van der Waals surface area contributed by atoms with Crippen molar-refractivity contribution in [1.29, 1.82) is 0 Å². The summed E-state index contributed by atoms with van der Waals surface area (Å²) in [5, 5.41) is 12.0. The van der Waals surface area contributed by atoms with Gasteiger partial charge >= 0.3 is 12.0 Å². The zero-order chi connectivity index (χ0) is 23.2. The molecule has 0 unspecified atom stereocenters. The fraction of sp³-hybridized carbons (Fsp3) is 0.462. The Morgan fingerprint density at radius 2 is 1.62 bits per heavy atom. The van der Waals surface area contributed by atoms with Crippen LogP contribution in [-0.2, 0) is 11.2 Å². The van der Waals surface area contributed by atoms with E-state index >= 15 is 0 Å². The SMILES string of the molecule is CCCCCCCN(C(=O)NCCCC)c1cccc(Sc2ccc(CC(=O)O)cc2)c1. The minimum absolute atomic E-state index is 0.0286. The lowest BCUT2D eigenvalue weighted by molar-refractivity contribution is -0.136. The van der Waals surface area contributed by atoms with Gasteiger partial charge in [-0.3, -0.25) is 9.69 Å². The lowest BCUT2D eigenvalue weighted by atomic mass is 10.1. The number of carboxylic acid groups (broad SMARTS) is 1. The number of unbranched alkanes of at least 4 members (excludes halogenated alkanes) is 5. The molecule has 0 aliphatic heterocycles. The fourth-order valence-corrected chi connectivity index (χ4v) is 4.26. The molecule has 0 radical (unpaired) electrons. The van der Waals surface area contributed by atoms with Crippen LogP contribution in [0.15, 0.2) is 58.3 Å². The van der Waals surface area contributed by atoms with Crippen LogP contribution >= 0.6 is 11.8 Å². The molecule has 6 heteroatoms. The summed E-state index contributed by atoms with van der Waals surface area (Å²) >= 11 is 1.61. The molecule has 0 bridgehead atoms. The second-order valence-electron chi connectivity index (χ2n) is 7.97. The number of rotatable bonds is 14. The molecular weight excluding hydrogens is 420 g/mol. The van der Waals surface area contributed by atoms with Crippen molar-refractivity contribution in [1.82, 2.24) is 5.32 Å². The summed E-state index contributed by atoms with van der Waals surface area (Å²) in [5.74, 6) is -0.829. The smallest absolute Gasteiger partial charge is 0.321 e. The van der Waals surface area contributed by atoms with Gasteiger partial charge in [-0.2, -0.15) is 0 Å². The lowest BCUT2D eigenvalue weighted by Gasteiger charge is -2.24. The van der Waals surface area contributed by atoms with Gasteiger partial charge in [-0.25, -0.2) is 4.79 Å². The molecule has 2 aromatic rings. The van der Waals surface area contributed by atoms with Gasteiger partial charge < -0.3 is 10.4 Å². The molecule has 2 amide bonds. The highest BCUT2D eigenvalue weighted by molar-refractivity contribution is 7.99. The third-order valence-corrected chi connectivity index (χ3v) is 6.18. The number of urea groups is 1. The zero-order valence-corrected chi connectivity index (χ0v) is 20.1. The quantitative estimate of drug-likeness (QED) is 0.308. The molecule has 0 atom stereocenters. The molecule has 2 aromatic carbocycles. The van der Waals surface area contributed by atoms with E-state index in [1.54, 1.807) is 11.8 Å². The van der Waals surface area contributed by atoms with E-state index in [0.29, 0.717) is 13.1 Å². The molecule has 0 aliphatic carbocycles. The van der Waals surface area contributed by atoms with E-state index in [-0.39, 0.29) is 12.5 Å². The van der Waals surface area contributed by atoms with Crippen molar-refractivity contribution in [2.24, 2.45) is 0 Å². The van der Waals surface area contributed by atoms with E-state index in [0.717, 1.165) is 46.7 Å². The van der Waals surface area contributed by atoms with Gasteiger partial charge in [0.05, 0.1) is 6.42 Å². The number of carboxylic acids is 1. The van der Waals surface area contributed by atoms with Gasteiger partial charge in [-0.05, 0) is 48.7 Å². The molecule has 0 saturated heterocycles. The number of aliphatic carboxylic acids is 1. The molecule has 0 saturated carbocycles. The average Bonchev–Trinajstić information content (AvgIpc) is 2.77. The number of nitrogens with zero attached hydrogens (tertiary/aromatic N) is 1. The third-order valence-electron chi connectivity index (χ3n) is 5.18. The minimum Gasteiger partial charge on any atom is -0.481 e. The van der Waals surface area contributed by atoms with E-state index < -0.39 is 5.97 Å². The molecule has 0 aromatic heterocycles. The Kier molecular flexibility index (Phi) is 11.7. The van der Waals surface area contributed by atoms with Crippen molar-refractivity contribution < 1.29 is 14.7 Å². The van der Waals surface area contributed by atoms with Crippen LogP contribution in [0.25, 0.3) is 0 Å². The molecule has 0 heterocycles. The molecular formula is C26H36N2O3S. The van der Waals surface area contributed by atoms with Crippen LogP contribution in [0, 0.1) is 0 Å². The van der Waals surface area contributed by atoms with Crippen molar-refractivity contribution in [2.75, 3.05) is 18.0 Å². The van der Waals surface area contributed by atoms with Gasteiger partial charge in [0.15, 0.2) is 0 Å². The Bertz CT molecular complexity index is 839. The standard InChI is InChI=1S/C26H36N2O3S/c1-3-5-7-8-9-18-28(26(31)27-17-6-4-2)22-11-10-12-24(20-22)32-23-15-13-21(14-16-23)19-25(29)30/h10-16,20H,3-9,17-19H2,1-2H3,(H,27,31)(H,29,30). The average molecular weight is 457 g/mol. The van der Waals surface area contributed by atoms with Gasteiger partial charge in [0.25, 0.3) is 0 Å². The first kappa shape index (κ1) is 25.8. The van der Waals surface area contributed by atoms with Gasteiger partial charge in [-0.1, -0.05) is 75.9 Å². The van der Waals surface area contributed by atoms with Gasteiger partial charge in [0.2, 0.25) is 0 Å². The van der Waals surface area contributed by atoms with Crippen LogP contribution in [0.5, 0.6) is 0 Å². The summed E-state index contributed by atoms with van der Waals surface area (Å²) in [4.78, 5) is 27.7. The first-order chi connectivity index (χ1) is 15.5. The summed E-state index contributed by atoms with van der Waals surface area (Å²) in [6.45, 7) is 5.72. The maximum Gasteiger partial charge on any atom is 0.321 e. The normalized spacial score (nSPS) is 10.7. The number of carbonyl (C=O) groups excluding carboxylic acids is 1. The monoisotopic (exact) mass is 456 g/mol. The lowest BCUT2D eigenvalue weighted by Crippen LogP contribution is -2.41. The summed E-state index contributed by atoms with van der Waals surface area (Å²) in [6, 6.07) is 15.6. The molecule has 0 aliphatic rings. The van der Waals surface area contributed by atoms with Gasteiger partial charge in [-0.15, -0.1) is 0 Å². The summed E-state index contributed by atoms with van der Waals surface area (Å²) in [7, 11) is 0. The number of hydrogen-bond acceptors (Lipinski definition) is 3. The first-order valence-corrected chi connectivity index (χ1v) is 12.5. The largest absolute Gasteiger partial charge is 0.481 e. The second kappa shape index (κ2) is 14.6. The predicted octanol–water partition coefficient (Wildman–Crippen LogP) is 6.75. The number of carbonyl (C=O) groups is 2. The molecule has 5 nitrogen and oxygen atoms in total. The van der Waals surface area contributed by atoms with Crippen LogP contribution in [0.3, 0.4) is 0 Å². The fourth-order valence-electron chi connectivity index (χ4n) is 3.39. The maximum absolute atomic E-state index is 12.9.